The molecular formula is C19H22FN3O2. The van der Waals surface area contributed by atoms with Crippen LogP contribution in [0.25, 0.3) is 5.69 Å². The first kappa shape index (κ1) is 16.3. The van der Waals surface area contributed by atoms with Crippen LogP contribution < -0.4 is 0 Å². The van der Waals surface area contributed by atoms with Gasteiger partial charge in [0, 0.05) is 23.7 Å². The number of aromatic nitrogens is 2. The van der Waals surface area contributed by atoms with Crippen LogP contribution in [0, 0.1) is 25.6 Å². The number of benzene rings is 1. The molecule has 132 valence electrons. The molecule has 1 saturated carbocycles. The Labute approximate surface area is 146 Å². The number of ether oxygens (including phenoxy) is 1. The standard InChI is InChI=1S/C19H22FN3O2/c1-12-18(13(2)23(21-12)16-6-4-3-5-15(16)20)17-11-25-10-9-22(17)19(24)14-7-8-14/h3-6,14,17H,7-11H2,1-2H3/t17-/m1/s1. The van der Waals surface area contributed by atoms with E-state index in [0.29, 0.717) is 25.4 Å². The lowest BCUT2D eigenvalue weighted by molar-refractivity contribution is -0.141. The number of morpholine rings is 1. The van der Waals surface area contributed by atoms with Gasteiger partial charge in [0.25, 0.3) is 0 Å². The lowest BCUT2D eigenvalue weighted by atomic mass is 10.0. The summed E-state index contributed by atoms with van der Waals surface area (Å²) in [5.74, 6) is 0.0685. The largest absolute Gasteiger partial charge is 0.377 e. The minimum atomic E-state index is -0.314. The molecule has 1 aliphatic heterocycles. The van der Waals surface area contributed by atoms with Crippen molar-refractivity contribution in [1.82, 2.24) is 14.7 Å². The summed E-state index contributed by atoms with van der Waals surface area (Å²) >= 11 is 0. The van der Waals surface area contributed by atoms with Crippen molar-refractivity contribution in [2.45, 2.75) is 32.7 Å². The summed E-state index contributed by atoms with van der Waals surface area (Å²) in [5.41, 5.74) is 3.06. The van der Waals surface area contributed by atoms with Gasteiger partial charge in [0.05, 0.1) is 24.9 Å². The van der Waals surface area contributed by atoms with Gasteiger partial charge >= 0.3 is 0 Å². The van der Waals surface area contributed by atoms with Crippen molar-refractivity contribution in [2.75, 3.05) is 19.8 Å². The molecular weight excluding hydrogens is 321 g/mol. The molecule has 1 saturated heterocycles. The number of rotatable bonds is 3. The summed E-state index contributed by atoms with van der Waals surface area (Å²) in [6.07, 6.45) is 1.96. The van der Waals surface area contributed by atoms with Crippen molar-refractivity contribution in [1.29, 1.82) is 0 Å². The molecule has 1 aromatic heterocycles. The molecule has 1 atom stereocenters. The molecule has 2 aliphatic rings. The number of aryl methyl sites for hydroxylation is 1. The van der Waals surface area contributed by atoms with E-state index >= 15 is 0 Å². The van der Waals surface area contributed by atoms with E-state index in [1.54, 1.807) is 22.9 Å². The summed E-state index contributed by atoms with van der Waals surface area (Å²) in [7, 11) is 0. The van der Waals surface area contributed by atoms with Crippen LogP contribution in [-0.4, -0.2) is 40.3 Å². The molecule has 1 amide bonds. The zero-order valence-electron chi connectivity index (χ0n) is 14.5. The highest BCUT2D eigenvalue weighted by atomic mass is 19.1. The van der Waals surface area contributed by atoms with Crippen molar-refractivity contribution in [3.05, 3.63) is 47.0 Å². The van der Waals surface area contributed by atoms with Gasteiger partial charge in [-0.1, -0.05) is 12.1 Å². The molecule has 1 aromatic carbocycles. The van der Waals surface area contributed by atoms with Crippen molar-refractivity contribution >= 4 is 5.91 Å². The Balaban J connectivity index is 1.74. The quantitative estimate of drug-likeness (QED) is 0.861. The monoisotopic (exact) mass is 343 g/mol. The Bertz CT molecular complexity index is 813. The number of hydrogen-bond donors (Lipinski definition) is 0. The highest BCUT2D eigenvalue weighted by Crippen LogP contribution is 2.37. The van der Waals surface area contributed by atoms with Gasteiger partial charge in [-0.05, 0) is 38.8 Å². The van der Waals surface area contributed by atoms with E-state index in [1.165, 1.54) is 6.07 Å². The van der Waals surface area contributed by atoms with Gasteiger partial charge < -0.3 is 9.64 Å². The smallest absolute Gasteiger partial charge is 0.226 e. The number of hydrogen-bond acceptors (Lipinski definition) is 3. The first-order valence-electron chi connectivity index (χ1n) is 8.77. The summed E-state index contributed by atoms with van der Waals surface area (Å²) in [4.78, 5) is 14.6. The van der Waals surface area contributed by atoms with E-state index in [4.69, 9.17) is 4.74 Å². The van der Waals surface area contributed by atoms with Gasteiger partial charge in [-0.25, -0.2) is 9.07 Å². The Morgan fingerprint density at radius 1 is 1.28 bits per heavy atom. The predicted molar refractivity (Wildman–Crippen MR) is 91.0 cm³/mol. The summed E-state index contributed by atoms with van der Waals surface area (Å²) in [6, 6.07) is 6.45. The molecule has 0 spiro atoms. The molecule has 0 radical (unpaired) electrons. The highest BCUT2D eigenvalue weighted by molar-refractivity contribution is 5.81. The third kappa shape index (κ3) is 2.84. The highest BCUT2D eigenvalue weighted by Gasteiger charge is 2.39. The van der Waals surface area contributed by atoms with Crippen LogP contribution in [0.5, 0.6) is 0 Å². The first-order chi connectivity index (χ1) is 12.1. The van der Waals surface area contributed by atoms with E-state index < -0.39 is 0 Å². The molecule has 1 aliphatic carbocycles. The van der Waals surface area contributed by atoms with Gasteiger partial charge in [-0.2, -0.15) is 5.10 Å². The third-order valence-electron chi connectivity index (χ3n) is 5.10. The fraction of sp³-hybridized carbons (Fsp3) is 0.474. The SMILES string of the molecule is Cc1nn(-c2ccccc2F)c(C)c1[C@H]1COCCN1C(=O)C1CC1. The number of carbonyl (C=O) groups is 1. The zero-order valence-corrected chi connectivity index (χ0v) is 14.5. The van der Waals surface area contributed by atoms with Crippen LogP contribution >= 0.6 is 0 Å². The minimum absolute atomic E-state index is 0.151. The number of para-hydroxylation sites is 1. The lowest BCUT2D eigenvalue weighted by Crippen LogP contribution is -2.44. The minimum Gasteiger partial charge on any atom is -0.377 e. The number of nitrogens with zero attached hydrogens (tertiary/aromatic N) is 3. The van der Waals surface area contributed by atoms with E-state index in [0.717, 1.165) is 29.8 Å². The lowest BCUT2D eigenvalue weighted by Gasteiger charge is -2.36. The van der Waals surface area contributed by atoms with Crippen LogP contribution in [0.2, 0.25) is 0 Å². The summed E-state index contributed by atoms with van der Waals surface area (Å²) in [5, 5.41) is 4.55. The summed E-state index contributed by atoms with van der Waals surface area (Å²) < 4.78 is 21.5. The van der Waals surface area contributed by atoms with Gasteiger partial charge in [-0.15, -0.1) is 0 Å². The van der Waals surface area contributed by atoms with Crippen LogP contribution in [0.4, 0.5) is 4.39 Å². The van der Waals surface area contributed by atoms with Crippen LogP contribution in [0.3, 0.4) is 0 Å². The molecule has 0 unspecified atom stereocenters. The zero-order chi connectivity index (χ0) is 17.6. The van der Waals surface area contributed by atoms with E-state index in [-0.39, 0.29) is 23.7 Å². The van der Waals surface area contributed by atoms with Gasteiger partial charge in [0.1, 0.15) is 11.5 Å². The summed E-state index contributed by atoms with van der Waals surface area (Å²) in [6.45, 7) is 5.46. The van der Waals surface area contributed by atoms with Crippen LogP contribution in [0.15, 0.2) is 24.3 Å². The molecule has 2 heterocycles. The molecule has 5 nitrogen and oxygen atoms in total. The Morgan fingerprint density at radius 2 is 2.04 bits per heavy atom. The fourth-order valence-electron chi connectivity index (χ4n) is 3.67. The van der Waals surface area contributed by atoms with E-state index in [1.807, 2.05) is 18.7 Å². The van der Waals surface area contributed by atoms with E-state index in [9.17, 15) is 9.18 Å². The Kier molecular flexibility index (Phi) is 4.07. The average molecular weight is 343 g/mol. The number of amides is 1. The molecule has 2 aromatic rings. The Morgan fingerprint density at radius 3 is 2.76 bits per heavy atom. The maximum absolute atomic E-state index is 14.2. The topological polar surface area (TPSA) is 47.4 Å². The molecule has 6 heteroatoms. The molecule has 25 heavy (non-hydrogen) atoms. The fourth-order valence-corrected chi connectivity index (χ4v) is 3.67. The molecule has 0 bridgehead atoms. The Hall–Kier alpha value is -2.21. The van der Waals surface area contributed by atoms with Crippen molar-refractivity contribution in [3.63, 3.8) is 0 Å². The second kappa shape index (κ2) is 6.26. The molecule has 0 N–H and O–H groups in total. The molecule has 4 rings (SSSR count). The number of carbonyl (C=O) groups excluding carboxylic acids is 1. The normalized spacial score (nSPS) is 20.8. The number of halogens is 1. The predicted octanol–water partition coefficient (Wildman–Crippen LogP) is 2.94. The second-order valence-corrected chi connectivity index (χ2v) is 6.84. The van der Waals surface area contributed by atoms with Crippen molar-refractivity contribution in [2.24, 2.45) is 5.92 Å². The second-order valence-electron chi connectivity index (χ2n) is 6.84. The van der Waals surface area contributed by atoms with Gasteiger partial charge in [0.2, 0.25) is 5.91 Å². The van der Waals surface area contributed by atoms with Crippen molar-refractivity contribution in [3.8, 4) is 5.69 Å². The van der Waals surface area contributed by atoms with Crippen molar-refractivity contribution < 1.29 is 13.9 Å². The third-order valence-corrected chi connectivity index (χ3v) is 5.10. The van der Waals surface area contributed by atoms with Crippen LogP contribution in [0.1, 0.15) is 35.8 Å². The molecule has 2 fully saturated rings. The van der Waals surface area contributed by atoms with Crippen LogP contribution in [-0.2, 0) is 9.53 Å². The maximum atomic E-state index is 14.2. The van der Waals surface area contributed by atoms with Gasteiger partial charge in [-0.3, -0.25) is 4.79 Å². The maximum Gasteiger partial charge on any atom is 0.226 e. The van der Waals surface area contributed by atoms with E-state index in [2.05, 4.69) is 5.10 Å². The average Bonchev–Trinajstić information content (AvgIpc) is 3.41. The first-order valence-corrected chi connectivity index (χ1v) is 8.77. The van der Waals surface area contributed by atoms with Gasteiger partial charge in [0.15, 0.2) is 0 Å².